The number of aromatic hydroxyl groups is 1. The maximum Gasteiger partial charge on any atom is 0.181 e. The molecule has 2 aromatic carbocycles. The number of anilines is 2. The number of hydrogen-bond donors (Lipinski definition) is 2. The zero-order chi connectivity index (χ0) is 25.7. The topological polar surface area (TPSA) is 54.0 Å². The van der Waals surface area contributed by atoms with Crippen LogP contribution in [0.25, 0.3) is 0 Å². The molecule has 2 aliphatic carbocycles. The van der Waals surface area contributed by atoms with E-state index in [-0.39, 0.29) is 28.4 Å². The van der Waals surface area contributed by atoms with Crippen molar-refractivity contribution in [3.63, 3.8) is 0 Å². The monoisotopic (exact) mass is 490 g/mol. The van der Waals surface area contributed by atoms with E-state index in [0.29, 0.717) is 23.6 Å². The molecule has 2 N–H and O–H groups in total. The van der Waals surface area contributed by atoms with Crippen LogP contribution in [0.2, 0.25) is 0 Å². The zero-order valence-electron chi connectivity index (χ0n) is 21.7. The van der Waals surface area contributed by atoms with Crippen LogP contribution in [0, 0.1) is 10.8 Å². The lowest BCUT2D eigenvalue weighted by molar-refractivity contribution is -0.00796. The van der Waals surface area contributed by atoms with Gasteiger partial charge in [0.15, 0.2) is 5.75 Å². The van der Waals surface area contributed by atoms with Crippen LogP contribution in [0.3, 0.4) is 0 Å². The number of rotatable bonds is 5. The summed E-state index contributed by atoms with van der Waals surface area (Å²) in [4.78, 5) is 6.57. The predicted molar refractivity (Wildman–Crippen MR) is 142 cm³/mol. The second-order valence-corrected chi connectivity index (χ2v) is 11.2. The number of halogens is 1. The normalized spacial score (nSPS) is 21.8. The highest BCUT2D eigenvalue weighted by molar-refractivity contribution is 5.81. The molecule has 0 saturated heterocycles. The Bertz CT molecular complexity index is 1270. The maximum atomic E-state index is 14.1. The Kier molecular flexibility index (Phi) is 6.01. The van der Waals surface area contributed by atoms with E-state index in [1.165, 1.54) is 0 Å². The number of fused-ring (bicyclic) bond motifs is 1. The molecular weight excluding hydrogens is 455 g/mol. The number of hydrogen-bond acceptors (Lipinski definition) is 5. The van der Waals surface area contributed by atoms with Crippen LogP contribution in [0.5, 0.6) is 17.2 Å². The molecule has 1 aliphatic heterocycles. The SMILES string of the molecule is CN1c2cccc(O)c2NC2=C(C1c1ccc(OCC3=CCCC=C3)cc1OF)C(C)(C)C(C)(C)C2. The Morgan fingerprint density at radius 1 is 1.14 bits per heavy atom. The highest BCUT2D eigenvalue weighted by Gasteiger charge is 2.52. The van der Waals surface area contributed by atoms with Gasteiger partial charge >= 0.3 is 0 Å². The number of likely N-dealkylation sites (N-methyl/N-ethyl adjacent to an activating group) is 1. The van der Waals surface area contributed by atoms with E-state index in [0.717, 1.165) is 41.8 Å². The Labute approximate surface area is 212 Å². The average molecular weight is 491 g/mol. The van der Waals surface area contributed by atoms with Crippen LogP contribution < -0.4 is 19.9 Å². The van der Waals surface area contributed by atoms with E-state index in [2.05, 4.69) is 61.1 Å². The van der Waals surface area contributed by atoms with Crippen LogP contribution in [-0.2, 0) is 0 Å². The summed E-state index contributed by atoms with van der Waals surface area (Å²) in [5, 5.41) is 14.3. The van der Waals surface area contributed by atoms with Crippen LogP contribution in [-0.4, -0.2) is 18.8 Å². The van der Waals surface area contributed by atoms with Crippen LogP contribution >= 0.6 is 0 Å². The third kappa shape index (κ3) is 3.93. The van der Waals surface area contributed by atoms with E-state index >= 15 is 0 Å². The minimum Gasteiger partial charge on any atom is -0.506 e. The van der Waals surface area contributed by atoms with Crippen molar-refractivity contribution in [1.29, 1.82) is 0 Å². The Morgan fingerprint density at radius 3 is 2.67 bits per heavy atom. The van der Waals surface area contributed by atoms with Gasteiger partial charge in [-0.05, 0) is 65.5 Å². The molecule has 0 aromatic heterocycles. The third-order valence-corrected chi connectivity index (χ3v) is 8.49. The van der Waals surface area contributed by atoms with Crippen LogP contribution in [0.15, 0.2) is 71.5 Å². The van der Waals surface area contributed by atoms with Gasteiger partial charge in [-0.3, -0.25) is 4.94 Å². The van der Waals surface area contributed by atoms with Gasteiger partial charge in [0.25, 0.3) is 0 Å². The predicted octanol–water partition coefficient (Wildman–Crippen LogP) is 7.62. The second-order valence-electron chi connectivity index (χ2n) is 11.2. The molecule has 6 heteroatoms. The van der Waals surface area contributed by atoms with Gasteiger partial charge in [0.05, 0.1) is 11.7 Å². The summed E-state index contributed by atoms with van der Waals surface area (Å²) in [7, 11) is 1.98. The molecule has 0 spiro atoms. The van der Waals surface area contributed by atoms with E-state index in [1.54, 1.807) is 12.1 Å². The van der Waals surface area contributed by atoms with E-state index in [9.17, 15) is 9.63 Å². The van der Waals surface area contributed by atoms with Crippen molar-refractivity contribution in [2.75, 3.05) is 23.9 Å². The van der Waals surface area contributed by atoms with Gasteiger partial charge in [0.1, 0.15) is 23.8 Å². The van der Waals surface area contributed by atoms with Gasteiger partial charge in [0.2, 0.25) is 0 Å². The lowest BCUT2D eigenvalue weighted by atomic mass is 9.65. The molecule has 0 bridgehead atoms. The van der Waals surface area contributed by atoms with Gasteiger partial charge in [-0.2, -0.15) is 0 Å². The number of benzene rings is 2. The van der Waals surface area contributed by atoms with Gasteiger partial charge in [0, 0.05) is 28.9 Å². The zero-order valence-corrected chi connectivity index (χ0v) is 21.7. The number of para-hydroxylation sites is 1. The van der Waals surface area contributed by atoms with Crippen molar-refractivity contribution in [2.45, 2.75) is 53.0 Å². The van der Waals surface area contributed by atoms with Crippen molar-refractivity contribution in [3.8, 4) is 17.2 Å². The molecule has 1 atom stereocenters. The summed E-state index contributed by atoms with van der Waals surface area (Å²) in [5.41, 5.74) is 5.29. The van der Waals surface area contributed by atoms with Crippen LogP contribution in [0.4, 0.5) is 15.9 Å². The van der Waals surface area contributed by atoms with Crippen molar-refractivity contribution in [1.82, 2.24) is 0 Å². The molecule has 0 fully saturated rings. The van der Waals surface area contributed by atoms with E-state index in [4.69, 9.17) is 4.74 Å². The fourth-order valence-electron chi connectivity index (χ4n) is 5.75. The summed E-state index contributed by atoms with van der Waals surface area (Å²) in [5.74, 6) is 0.874. The molecule has 1 heterocycles. The lowest BCUT2D eigenvalue weighted by Gasteiger charge is -2.43. The second kappa shape index (κ2) is 8.91. The Balaban J connectivity index is 1.59. The third-order valence-electron chi connectivity index (χ3n) is 8.49. The molecule has 5 nitrogen and oxygen atoms in total. The highest BCUT2D eigenvalue weighted by Crippen LogP contribution is 2.62. The van der Waals surface area contributed by atoms with E-state index < -0.39 is 0 Å². The first-order chi connectivity index (χ1) is 17.1. The van der Waals surface area contributed by atoms with Gasteiger partial charge in [-0.25, -0.2) is 0 Å². The fourth-order valence-corrected chi connectivity index (χ4v) is 5.75. The number of ether oxygens (including phenoxy) is 1. The number of nitrogens with one attached hydrogen (secondary N) is 1. The standard InChI is InChI=1S/C30H35FN2O3/c1-29(2)17-22-26(30(29,3)4)28(33(5)23-12-9-13-24(34)27(23)32-22)21-15-14-20(16-25(21)36-31)35-18-19-10-7-6-8-11-19/h7,9-16,28,32,34H,6,8,17-18H2,1-5H3. The lowest BCUT2D eigenvalue weighted by Crippen LogP contribution is -2.36. The summed E-state index contributed by atoms with van der Waals surface area (Å²) in [6, 6.07) is 10.6. The number of nitrogens with zero attached hydrogens (tertiary/aromatic N) is 1. The van der Waals surface area contributed by atoms with Crippen molar-refractivity contribution >= 4 is 11.4 Å². The summed E-state index contributed by atoms with van der Waals surface area (Å²) < 4.78 is 20.1. The first-order valence-electron chi connectivity index (χ1n) is 12.6. The van der Waals surface area contributed by atoms with E-state index in [1.807, 2.05) is 31.3 Å². The summed E-state index contributed by atoms with van der Waals surface area (Å²) in [6.07, 6.45) is 9.24. The first kappa shape index (κ1) is 24.3. The van der Waals surface area contributed by atoms with Crippen molar-refractivity contribution in [3.05, 3.63) is 77.0 Å². The average Bonchev–Trinajstić information content (AvgIpc) is 2.95. The molecule has 0 saturated carbocycles. The molecular formula is C30H35FN2O3. The molecule has 0 amide bonds. The maximum absolute atomic E-state index is 14.1. The molecule has 190 valence electrons. The minimum atomic E-state index is -0.309. The summed E-state index contributed by atoms with van der Waals surface area (Å²) >= 11 is 0. The van der Waals surface area contributed by atoms with Crippen LogP contribution in [0.1, 0.15) is 58.6 Å². The smallest absolute Gasteiger partial charge is 0.181 e. The first-order valence-corrected chi connectivity index (χ1v) is 12.6. The quantitative estimate of drug-likeness (QED) is 0.422. The highest BCUT2D eigenvalue weighted by atomic mass is 19.3. The fraction of sp³-hybridized carbons (Fsp3) is 0.400. The number of phenols is 1. The van der Waals surface area contributed by atoms with Crippen molar-refractivity contribution < 1.29 is 19.3 Å². The molecule has 5 rings (SSSR count). The molecule has 2 aromatic rings. The Hall–Kier alpha value is -3.41. The molecule has 0 radical (unpaired) electrons. The van der Waals surface area contributed by atoms with Gasteiger partial charge < -0.3 is 20.1 Å². The number of allylic oxidation sites excluding steroid dienone is 3. The summed E-state index contributed by atoms with van der Waals surface area (Å²) in [6.45, 7) is 9.42. The van der Waals surface area contributed by atoms with Gasteiger partial charge in [-0.1, -0.05) is 52.0 Å². The largest absolute Gasteiger partial charge is 0.506 e. The Morgan fingerprint density at radius 2 is 1.94 bits per heavy atom. The van der Waals surface area contributed by atoms with Crippen molar-refractivity contribution in [2.24, 2.45) is 10.8 Å². The molecule has 36 heavy (non-hydrogen) atoms. The van der Waals surface area contributed by atoms with Gasteiger partial charge in [-0.15, -0.1) is 0 Å². The number of phenolic OH excluding ortho intramolecular Hbond substituents is 1. The molecule has 3 aliphatic rings. The molecule has 1 unspecified atom stereocenters. The minimum absolute atomic E-state index is 0.0489.